The zero-order valence-electron chi connectivity index (χ0n) is 12.4. The maximum atomic E-state index is 5.67. The Bertz CT molecular complexity index is 704. The molecule has 0 fully saturated rings. The number of anilines is 1. The highest BCUT2D eigenvalue weighted by Gasteiger charge is 1.92. The summed E-state index contributed by atoms with van der Waals surface area (Å²) in [7, 11) is 0. The van der Waals surface area contributed by atoms with E-state index in [2.05, 4.69) is 50.0 Å². The van der Waals surface area contributed by atoms with Gasteiger partial charge in [0.1, 0.15) is 0 Å². The topological polar surface area (TPSA) is 26.0 Å². The van der Waals surface area contributed by atoms with Gasteiger partial charge >= 0.3 is 0 Å². The number of rotatable bonds is 2. The lowest BCUT2D eigenvalue weighted by molar-refractivity contribution is 1.36. The number of allylic oxidation sites excluding steroid dienone is 3. The minimum Gasteiger partial charge on any atom is -0.399 e. The summed E-state index contributed by atoms with van der Waals surface area (Å²) >= 11 is 0. The zero-order chi connectivity index (χ0) is 15.1. The van der Waals surface area contributed by atoms with Crippen molar-refractivity contribution in [1.82, 2.24) is 0 Å². The number of benzene rings is 2. The van der Waals surface area contributed by atoms with Gasteiger partial charge in [0.15, 0.2) is 0 Å². The summed E-state index contributed by atoms with van der Waals surface area (Å²) in [6, 6.07) is 17.8. The fourth-order valence-electron chi connectivity index (χ4n) is 1.78. The number of nitrogen functional groups attached to an aromatic ring is 1. The van der Waals surface area contributed by atoms with E-state index in [1.54, 1.807) is 0 Å². The third-order valence-electron chi connectivity index (χ3n) is 3.03. The average Bonchev–Trinajstić information content (AvgIpc) is 2.49. The summed E-state index contributed by atoms with van der Waals surface area (Å²) in [5.74, 6) is 6.40. The molecule has 1 heteroatoms. The lowest BCUT2D eigenvalue weighted by Gasteiger charge is -1.97. The Kier molecular flexibility index (Phi) is 5.01. The van der Waals surface area contributed by atoms with E-state index >= 15 is 0 Å². The molecule has 0 aliphatic carbocycles. The van der Waals surface area contributed by atoms with E-state index in [1.807, 2.05) is 42.5 Å². The highest BCUT2D eigenvalue weighted by Crippen LogP contribution is 2.09. The maximum absolute atomic E-state index is 5.67. The standard InChI is InChI=1S/C20H19N/c1-16(2)19(12-8-17-6-4-3-5-7-17)13-9-18-10-14-20(21)15-11-18/h3-8,10-12,14-15H,21H2,1-2H3/b12-8+. The van der Waals surface area contributed by atoms with Gasteiger partial charge in [-0.15, -0.1) is 0 Å². The first kappa shape index (κ1) is 14.7. The smallest absolute Gasteiger partial charge is 0.0314 e. The molecule has 0 saturated heterocycles. The van der Waals surface area contributed by atoms with Crippen molar-refractivity contribution in [1.29, 1.82) is 0 Å². The van der Waals surface area contributed by atoms with Gasteiger partial charge in [0, 0.05) is 16.8 Å². The molecule has 2 aromatic carbocycles. The van der Waals surface area contributed by atoms with Crippen LogP contribution in [-0.2, 0) is 0 Å². The van der Waals surface area contributed by atoms with Crippen LogP contribution in [0.5, 0.6) is 0 Å². The Labute approximate surface area is 126 Å². The predicted octanol–water partition coefficient (Wildman–Crippen LogP) is 4.67. The van der Waals surface area contributed by atoms with Crippen LogP contribution >= 0.6 is 0 Å². The second kappa shape index (κ2) is 7.17. The van der Waals surface area contributed by atoms with Crippen LogP contribution in [0.2, 0.25) is 0 Å². The van der Waals surface area contributed by atoms with Crippen LogP contribution in [0.4, 0.5) is 5.69 Å². The van der Waals surface area contributed by atoms with Crippen molar-refractivity contribution in [2.45, 2.75) is 13.8 Å². The first-order valence-corrected chi connectivity index (χ1v) is 6.93. The molecule has 1 nitrogen and oxygen atoms in total. The molecule has 0 bridgehead atoms. The molecule has 0 aliphatic heterocycles. The van der Waals surface area contributed by atoms with Crippen LogP contribution in [-0.4, -0.2) is 0 Å². The first-order chi connectivity index (χ1) is 10.1. The van der Waals surface area contributed by atoms with E-state index in [0.717, 1.165) is 16.8 Å². The quantitative estimate of drug-likeness (QED) is 0.480. The molecule has 0 heterocycles. The third kappa shape index (κ3) is 4.71. The Hall–Kier alpha value is -2.72. The minimum absolute atomic E-state index is 0.756. The number of hydrogen-bond acceptors (Lipinski definition) is 1. The monoisotopic (exact) mass is 273 g/mol. The summed E-state index contributed by atoms with van der Waals surface area (Å²) in [6.45, 7) is 4.14. The summed E-state index contributed by atoms with van der Waals surface area (Å²) < 4.78 is 0. The van der Waals surface area contributed by atoms with Crippen molar-refractivity contribution >= 4 is 11.8 Å². The van der Waals surface area contributed by atoms with Crippen LogP contribution < -0.4 is 5.73 Å². The van der Waals surface area contributed by atoms with Gasteiger partial charge in [-0.2, -0.15) is 0 Å². The van der Waals surface area contributed by atoms with Crippen LogP contribution in [0.3, 0.4) is 0 Å². The van der Waals surface area contributed by atoms with Crippen molar-refractivity contribution < 1.29 is 0 Å². The van der Waals surface area contributed by atoms with Crippen LogP contribution in [0.25, 0.3) is 6.08 Å². The fourth-order valence-corrected chi connectivity index (χ4v) is 1.78. The molecule has 0 aliphatic rings. The third-order valence-corrected chi connectivity index (χ3v) is 3.03. The van der Waals surface area contributed by atoms with Crippen molar-refractivity contribution in [3.05, 3.63) is 82.9 Å². The average molecular weight is 273 g/mol. The first-order valence-electron chi connectivity index (χ1n) is 6.93. The van der Waals surface area contributed by atoms with Crippen molar-refractivity contribution in [2.24, 2.45) is 0 Å². The highest BCUT2D eigenvalue weighted by molar-refractivity contribution is 5.58. The van der Waals surface area contributed by atoms with Gasteiger partial charge in [-0.1, -0.05) is 53.8 Å². The van der Waals surface area contributed by atoms with E-state index in [-0.39, 0.29) is 0 Å². The lowest BCUT2D eigenvalue weighted by Crippen LogP contribution is -1.84. The molecule has 0 radical (unpaired) electrons. The van der Waals surface area contributed by atoms with Gasteiger partial charge in [-0.25, -0.2) is 0 Å². The van der Waals surface area contributed by atoms with Crippen molar-refractivity contribution in [3.63, 3.8) is 0 Å². The minimum atomic E-state index is 0.756. The van der Waals surface area contributed by atoms with Crippen LogP contribution in [0, 0.1) is 11.8 Å². The van der Waals surface area contributed by atoms with Crippen molar-refractivity contribution in [3.8, 4) is 11.8 Å². The van der Waals surface area contributed by atoms with E-state index in [9.17, 15) is 0 Å². The Morgan fingerprint density at radius 1 is 0.952 bits per heavy atom. The molecule has 0 saturated carbocycles. The number of nitrogens with two attached hydrogens (primary N) is 1. The molecule has 2 aromatic rings. The molecule has 0 spiro atoms. The molecule has 0 atom stereocenters. The highest BCUT2D eigenvalue weighted by atomic mass is 14.5. The molecule has 0 amide bonds. The van der Waals surface area contributed by atoms with Crippen LogP contribution in [0.1, 0.15) is 25.0 Å². The summed E-state index contributed by atoms with van der Waals surface area (Å²) in [5, 5.41) is 0. The molecular weight excluding hydrogens is 254 g/mol. The van der Waals surface area contributed by atoms with Gasteiger partial charge in [-0.3, -0.25) is 0 Å². The van der Waals surface area contributed by atoms with E-state index in [1.165, 1.54) is 11.1 Å². The molecule has 104 valence electrons. The van der Waals surface area contributed by atoms with Crippen LogP contribution in [0.15, 0.2) is 71.8 Å². The second-order valence-electron chi connectivity index (χ2n) is 5.03. The van der Waals surface area contributed by atoms with E-state index < -0.39 is 0 Å². The Morgan fingerprint density at radius 2 is 1.62 bits per heavy atom. The second-order valence-corrected chi connectivity index (χ2v) is 5.03. The van der Waals surface area contributed by atoms with Gasteiger partial charge < -0.3 is 5.73 Å². The largest absolute Gasteiger partial charge is 0.399 e. The molecule has 2 rings (SSSR count). The SMILES string of the molecule is CC(C)=C(C#Cc1ccc(N)cc1)/C=C/c1ccccc1. The lowest BCUT2D eigenvalue weighted by atomic mass is 10.1. The normalized spacial score (nSPS) is 10.0. The van der Waals surface area contributed by atoms with Crippen molar-refractivity contribution in [2.75, 3.05) is 5.73 Å². The van der Waals surface area contributed by atoms with Gasteiger partial charge in [0.25, 0.3) is 0 Å². The predicted molar refractivity (Wildman–Crippen MR) is 91.6 cm³/mol. The number of hydrogen-bond donors (Lipinski definition) is 1. The van der Waals surface area contributed by atoms with E-state index in [0.29, 0.717) is 0 Å². The maximum Gasteiger partial charge on any atom is 0.0314 e. The summed E-state index contributed by atoms with van der Waals surface area (Å²) in [4.78, 5) is 0. The molecule has 0 unspecified atom stereocenters. The van der Waals surface area contributed by atoms with E-state index in [4.69, 9.17) is 5.73 Å². The molecular formula is C20H19N. The molecule has 2 N–H and O–H groups in total. The fraction of sp³-hybridized carbons (Fsp3) is 0.100. The summed E-state index contributed by atoms with van der Waals surface area (Å²) in [6.07, 6.45) is 4.15. The molecule has 21 heavy (non-hydrogen) atoms. The molecule has 0 aromatic heterocycles. The zero-order valence-corrected chi connectivity index (χ0v) is 12.4. The van der Waals surface area contributed by atoms with Gasteiger partial charge in [-0.05, 0) is 49.8 Å². The Balaban J connectivity index is 2.20. The van der Waals surface area contributed by atoms with Gasteiger partial charge in [0.2, 0.25) is 0 Å². The summed E-state index contributed by atoms with van der Waals surface area (Å²) in [5.41, 5.74) is 10.8. The Morgan fingerprint density at radius 3 is 2.24 bits per heavy atom. The van der Waals surface area contributed by atoms with Gasteiger partial charge in [0.05, 0.1) is 0 Å².